The van der Waals surface area contributed by atoms with Crippen LogP contribution in [-0.2, 0) is 0 Å². The lowest BCUT2D eigenvalue weighted by Gasteiger charge is -2.34. The van der Waals surface area contributed by atoms with Crippen molar-refractivity contribution in [2.45, 2.75) is 51.7 Å². The van der Waals surface area contributed by atoms with Gasteiger partial charge in [-0.25, -0.2) is 0 Å². The zero-order valence-corrected chi connectivity index (χ0v) is 11.9. The molecule has 0 aromatic heterocycles. The molecule has 1 aromatic carbocycles. The van der Waals surface area contributed by atoms with E-state index in [0.717, 1.165) is 0 Å². The van der Waals surface area contributed by atoms with Gasteiger partial charge in [0.2, 0.25) is 0 Å². The highest BCUT2D eigenvalue weighted by molar-refractivity contribution is 5.18. The Morgan fingerprint density at radius 3 is 2.17 bits per heavy atom. The van der Waals surface area contributed by atoms with E-state index in [0.29, 0.717) is 18.1 Å². The standard InChI is InChI=1S/C16H26N2/c1-13-9-11-18(12-10-14(2)17-13)15(3)16-7-5-4-6-8-16/h4-8,13-15,17H,9-12H2,1-3H3. The maximum atomic E-state index is 3.65. The van der Waals surface area contributed by atoms with Crippen molar-refractivity contribution in [2.75, 3.05) is 13.1 Å². The fourth-order valence-electron chi connectivity index (χ4n) is 2.81. The van der Waals surface area contributed by atoms with Crippen LogP contribution >= 0.6 is 0 Å². The van der Waals surface area contributed by atoms with Gasteiger partial charge in [0.05, 0.1) is 0 Å². The van der Waals surface area contributed by atoms with Gasteiger partial charge >= 0.3 is 0 Å². The summed E-state index contributed by atoms with van der Waals surface area (Å²) in [7, 11) is 0. The second-order valence-electron chi connectivity index (χ2n) is 5.67. The zero-order valence-electron chi connectivity index (χ0n) is 11.9. The molecule has 0 aliphatic carbocycles. The Morgan fingerprint density at radius 1 is 1.06 bits per heavy atom. The Hall–Kier alpha value is -0.860. The lowest BCUT2D eigenvalue weighted by Crippen LogP contribution is -2.43. The van der Waals surface area contributed by atoms with Gasteiger partial charge in [-0.1, -0.05) is 30.3 Å². The molecule has 3 unspecified atom stereocenters. The van der Waals surface area contributed by atoms with Crippen LogP contribution in [0.3, 0.4) is 0 Å². The van der Waals surface area contributed by atoms with E-state index >= 15 is 0 Å². The molecule has 1 heterocycles. The smallest absolute Gasteiger partial charge is 0.0319 e. The van der Waals surface area contributed by atoms with Crippen LogP contribution in [0.5, 0.6) is 0 Å². The molecule has 1 fully saturated rings. The van der Waals surface area contributed by atoms with Gasteiger partial charge in [-0.3, -0.25) is 4.90 Å². The first-order chi connectivity index (χ1) is 8.66. The fourth-order valence-corrected chi connectivity index (χ4v) is 2.81. The first-order valence-electron chi connectivity index (χ1n) is 7.22. The van der Waals surface area contributed by atoms with Crippen LogP contribution < -0.4 is 5.32 Å². The predicted molar refractivity (Wildman–Crippen MR) is 77.7 cm³/mol. The fraction of sp³-hybridized carbons (Fsp3) is 0.625. The van der Waals surface area contributed by atoms with E-state index in [9.17, 15) is 0 Å². The number of hydrogen-bond acceptors (Lipinski definition) is 2. The van der Waals surface area contributed by atoms with E-state index in [1.165, 1.54) is 31.5 Å². The molecular formula is C16H26N2. The van der Waals surface area contributed by atoms with Crippen molar-refractivity contribution < 1.29 is 0 Å². The minimum Gasteiger partial charge on any atom is -0.312 e. The molecule has 1 aromatic rings. The third-order valence-corrected chi connectivity index (χ3v) is 4.10. The van der Waals surface area contributed by atoms with Crippen LogP contribution in [0.1, 0.15) is 45.2 Å². The molecular weight excluding hydrogens is 220 g/mol. The highest BCUT2D eigenvalue weighted by Crippen LogP contribution is 2.22. The SMILES string of the molecule is CC1CCN(C(C)c2ccccc2)CCC(C)N1. The van der Waals surface area contributed by atoms with Crippen LogP contribution in [-0.4, -0.2) is 30.1 Å². The number of nitrogens with one attached hydrogen (secondary N) is 1. The van der Waals surface area contributed by atoms with E-state index in [1.54, 1.807) is 0 Å². The minimum atomic E-state index is 0.531. The summed E-state index contributed by atoms with van der Waals surface area (Å²) in [6.45, 7) is 9.31. The third kappa shape index (κ3) is 3.56. The summed E-state index contributed by atoms with van der Waals surface area (Å²) < 4.78 is 0. The van der Waals surface area contributed by atoms with Crippen LogP contribution in [0, 0.1) is 0 Å². The van der Waals surface area contributed by atoms with Crippen molar-refractivity contribution in [3.05, 3.63) is 35.9 Å². The molecule has 2 heteroatoms. The molecule has 0 spiro atoms. The normalized spacial score (nSPS) is 28.4. The van der Waals surface area contributed by atoms with Crippen molar-refractivity contribution in [2.24, 2.45) is 0 Å². The lowest BCUT2D eigenvalue weighted by atomic mass is 10.0. The molecule has 2 rings (SSSR count). The summed E-state index contributed by atoms with van der Waals surface area (Å²) in [5, 5.41) is 3.65. The highest BCUT2D eigenvalue weighted by Gasteiger charge is 2.20. The number of benzene rings is 1. The van der Waals surface area contributed by atoms with E-state index in [1.807, 2.05) is 0 Å². The molecule has 0 saturated carbocycles. The number of nitrogens with zero attached hydrogens (tertiary/aromatic N) is 1. The quantitative estimate of drug-likeness (QED) is 0.862. The topological polar surface area (TPSA) is 15.3 Å². The van der Waals surface area contributed by atoms with Crippen LogP contribution in [0.25, 0.3) is 0 Å². The summed E-state index contributed by atoms with van der Waals surface area (Å²) in [6.07, 6.45) is 2.48. The Labute approximate surface area is 111 Å². The van der Waals surface area contributed by atoms with Crippen LogP contribution in [0.4, 0.5) is 0 Å². The monoisotopic (exact) mass is 246 g/mol. The average Bonchev–Trinajstić information content (AvgIpc) is 2.37. The number of hydrogen-bond donors (Lipinski definition) is 1. The summed E-state index contributed by atoms with van der Waals surface area (Å²) in [5.74, 6) is 0. The Kier molecular flexibility index (Phi) is 4.79. The zero-order chi connectivity index (χ0) is 13.0. The second kappa shape index (κ2) is 6.35. The molecule has 0 radical (unpaired) electrons. The summed E-state index contributed by atoms with van der Waals surface area (Å²) >= 11 is 0. The minimum absolute atomic E-state index is 0.531. The van der Waals surface area contributed by atoms with Crippen LogP contribution in [0.15, 0.2) is 30.3 Å². The first-order valence-corrected chi connectivity index (χ1v) is 7.22. The van der Waals surface area contributed by atoms with Gasteiger partial charge in [0.25, 0.3) is 0 Å². The molecule has 1 aliphatic rings. The Morgan fingerprint density at radius 2 is 1.61 bits per heavy atom. The largest absolute Gasteiger partial charge is 0.312 e. The van der Waals surface area contributed by atoms with Gasteiger partial charge in [0, 0.05) is 31.2 Å². The van der Waals surface area contributed by atoms with Crippen molar-refractivity contribution in [3.8, 4) is 0 Å². The van der Waals surface area contributed by atoms with E-state index in [2.05, 4.69) is 61.3 Å². The Bertz CT molecular complexity index is 337. The lowest BCUT2D eigenvalue weighted by molar-refractivity contribution is 0.172. The van der Waals surface area contributed by atoms with Crippen molar-refractivity contribution >= 4 is 0 Å². The second-order valence-corrected chi connectivity index (χ2v) is 5.67. The van der Waals surface area contributed by atoms with E-state index < -0.39 is 0 Å². The summed E-state index contributed by atoms with van der Waals surface area (Å²) in [4.78, 5) is 2.63. The molecule has 0 amide bonds. The average molecular weight is 246 g/mol. The molecule has 0 bridgehead atoms. The number of rotatable bonds is 2. The molecule has 2 nitrogen and oxygen atoms in total. The highest BCUT2D eigenvalue weighted by atomic mass is 15.2. The molecule has 100 valence electrons. The van der Waals surface area contributed by atoms with Crippen LogP contribution in [0.2, 0.25) is 0 Å². The Balaban J connectivity index is 2.02. The third-order valence-electron chi connectivity index (χ3n) is 4.10. The van der Waals surface area contributed by atoms with E-state index in [-0.39, 0.29) is 0 Å². The van der Waals surface area contributed by atoms with Crippen molar-refractivity contribution in [1.82, 2.24) is 10.2 Å². The van der Waals surface area contributed by atoms with Crippen molar-refractivity contribution in [1.29, 1.82) is 0 Å². The molecule has 3 atom stereocenters. The molecule has 1 aliphatic heterocycles. The summed E-state index contributed by atoms with van der Waals surface area (Å²) in [6, 6.07) is 12.7. The van der Waals surface area contributed by atoms with E-state index in [4.69, 9.17) is 0 Å². The maximum Gasteiger partial charge on any atom is 0.0319 e. The van der Waals surface area contributed by atoms with Gasteiger partial charge < -0.3 is 5.32 Å². The predicted octanol–water partition coefficient (Wildman–Crippen LogP) is 3.21. The van der Waals surface area contributed by atoms with Gasteiger partial charge in [0.15, 0.2) is 0 Å². The molecule has 1 saturated heterocycles. The van der Waals surface area contributed by atoms with Gasteiger partial charge in [-0.2, -0.15) is 0 Å². The summed E-state index contributed by atoms with van der Waals surface area (Å²) in [5.41, 5.74) is 1.44. The molecule has 18 heavy (non-hydrogen) atoms. The van der Waals surface area contributed by atoms with Crippen molar-refractivity contribution in [3.63, 3.8) is 0 Å². The molecule has 1 N–H and O–H groups in total. The maximum absolute atomic E-state index is 3.65. The first kappa shape index (κ1) is 13.6. The van der Waals surface area contributed by atoms with Gasteiger partial charge in [0.1, 0.15) is 0 Å². The van der Waals surface area contributed by atoms with Gasteiger partial charge in [-0.05, 0) is 39.2 Å². The van der Waals surface area contributed by atoms with Gasteiger partial charge in [-0.15, -0.1) is 0 Å².